The second-order valence-corrected chi connectivity index (χ2v) is 6.26. The minimum Gasteiger partial charge on any atom is -0.294 e. The standard InChI is InChI=1S/C19H18N2OS/c1-4-23-19-17(12-20)16(18(14(3)22)13(2)21-19)11-10-15-8-6-5-7-9-15/h5-11H,4H2,1-3H3/b11-10+. The minimum absolute atomic E-state index is 0.0766. The SMILES string of the molecule is CCSc1nc(C)c(C(C)=O)c(/C=C/c2ccccc2)c1C#N. The van der Waals surface area contributed by atoms with Crippen molar-refractivity contribution in [3.63, 3.8) is 0 Å². The topological polar surface area (TPSA) is 53.8 Å². The Morgan fingerprint density at radius 1 is 1.30 bits per heavy atom. The Labute approximate surface area is 141 Å². The molecule has 0 atom stereocenters. The number of hydrogen-bond acceptors (Lipinski definition) is 4. The molecular formula is C19H18N2OS. The van der Waals surface area contributed by atoms with Gasteiger partial charge < -0.3 is 0 Å². The summed E-state index contributed by atoms with van der Waals surface area (Å²) in [5, 5.41) is 10.3. The Bertz CT molecular complexity index is 789. The average molecular weight is 322 g/mol. The summed E-state index contributed by atoms with van der Waals surface area (Å²) >= 11 is 1.52. The third-order valence-electron chi connectivity index (χ3n) is 3.37. The molecule has 23 heavy (non-hydrogen) atoms. The number of pyridine rings is 1. The first-order chi connectivity index (χ1) is 11.1. The quantitative estimate of drug-likeness (QED) is 0.589. The summed E-state index contributed by atoms with van der Waals surface area (Å²) in [4.78, 5) is 16.5. The van der Waals surface area contributed by atoms with E-state index in [0.717, 1.165) is 11.3 Å². The van der Waals surface area contributed by atoms with Crippen LogP contribution in [0.25, 0.3) is 12.2 Å². The lowest BCUT2D eigenvalue weighted by Gasteiger charge is -2.12. The molecule has 1 aromatic carbocycles. The van der Waals surface area contributed by atoms with Gasteiger partial charge in [-0.25, -0.2) is 4.98 Å². The number of ketones is 1. The van der Waals surface area contributed by atoms with Gasteiger partial charge in [0.05, 0.1) is 11.3 Å². The number of hydrogen-bond donors (Lipinski definition) is 0. The fourth-order valence-corrected chi connectivity index (χ4v) is 3.18. The number of nitriles is 1. The number of aromatic nitrogens is 1. The third kappa shape index (κ3) is 3.88. The van der Waals surface area contributed by atoms with E-state index in [1.807, 2.05) is 56.3 Å². The van der Waals surface area contributed by atoms with Crippen LogP contribution in [0.1, 0.15) is 46.6 Å². The molecule has 0 radical (unpaired) electrons. The van der Waals surface area contributed by atoms with Crippen molar-refractivity contribution in [1.82, 2.24) is 4.98 Å². The molecule has 0 bridgehead atoms. The second-order valence-electron chi connectivity index (χ2n) is 5.01. The van der Waals surface area contributed by atoms with Crippen LogP contribution < -0.4 is 0 Å². The van der Waals surface area contributed by atoms with Crippen LogP contribution in [-0.4, -0.2) is 16.5 Å². The summed E-state index contributed by atoms with van der Waals surface area (Å²) < 4.78 is 0. The van der Waals surface area contributed by atoms with Gasteiger partial charge in [0, 0.05) is 11.1 Å². The first-order valence-corrected chi connectivity index (χ1v) is 8.38. The zero-order chi connectivity index (χ0) is 16.8. The van der Waals surface area contributed by atoms with Gasteiger partial charge in [0.25, 0.3) is 0 Å². The van der Waals surface area contributed by atoms with Crippen molar-refractivity contribution in [2.45, 2.75) is 25.8 Å². The number of carbonyl (C=O) groups is 1. The number of aryl methyl sites for hydroxylation is 1. The lowest BCUT2D eigenvalue weighted by molar-refractivity contribution is 0.101. The van der Waals surface area contributed by atoms with Crippen molar-refractivity contribution in [2.24, 2.45) is 0 Å². The van der Waals surface area contributed by atoms with Crippen LogP contribution in [0, 0.1) is 18.3 Å². The molecule has 1 heterocycles. The largest absolute Gasteiger partial charge is 0.294 e. The summed E-state index contributed by atoms with van der Waals surface area (Å²) in [7, 11) is 0. The minimum atomic E-state index is -0.0766. The first-order valence-electron chi connectivity index (χ1n) is 7.40. The molecule has 0 fully saturated rings. The molecule has 0 saturated carbocycles. The number of rotatable bonds is 5. The monoisotopic (exact) mass is 322 g/mol. The average Bonchev–Trinajstić information content (AvgIpc) is 2.53. The lowest BCUT2D eigenvalue weighted by Crippen LogP contribution is -2.07. The lowest BCUT2D eigenvalue weighted by atomic mass is 9.98. The molecule has 0 aliphatic carbocycles. The number of nitrogens with zero attached hydrogens (tertiary/aromatic N) is 2. The van der Waals surface area contributed by atoms with Crippen molar-refractivity contribution in [1.29, 1.82) is 5.26 Å². The molecule has 0 N–H and O–H groups in total. The molecular weight excluding hydrogens is 304 g/mol. The van der Waals surface area contributed by atoms with Crippen LogP contribution in [0.4, 0.5) is 0 Å². The van der Waals surface area contributed by atoms with Crippen molar-refractivity contribution in [2.75, 3.05) is 5.75 Å². The molecule has 0 spiro atoms. The Hall–Kier alpha value is -2.38. The van der Waals surface area contributed by atoms with Crippen LogP contribution in [0.3, 0.4) is 0 Å². The fourth-order valence-electron chi connectivity index (χ4n) is 2.40. The Kier molecular flexibility index (Phi) is 5.72. The van der Waals surface area contributed by atoms with Crippen LogP contribution in [-0.2, 0) is 0 Å². The van der Waals surface area contributed by atoms with Gasteiger partial charge in [0.1, 0.15) is 11.1 Å². The Balaban J connectivity index is 2.65. The normalized spacial score (nSPS) is 10.7. The highest BCUT2D eigenvalue weighted by atomic mass is 32.2. The van der Waals surface area contributed by atoms with Gasteiger partial charge in [0.15, 0.2) is 5.78 Å². The van der Waals surface area contributed by atoms with Crippen LogP contribution >= 0.6 is 11.8 Å². The molecule has 116 valence electrons. The second kappa shape index (κ2) is 7.75. The molecule has 0 aliphatic heterocycles. The van der Waals surface area contributed by atoms with Crippen molar-refractivity contribution in [3.8, 4) is 6.07 Å². The molecule has 0 amide bonds. The molecule has 4 heteroatoms. The van der Waals surface area contributed by atoms with Gasteiger partial charge in [-0.15, -0.1) is 11.8 Å². The van der Waals surface area contributed by atoms with Gasteiger partial charge in [-0.05, 0) is 25.2 Å². The molecule has 2 rings (SSSR count). The van der Waals surface area contributed by atoms with E-state index in [9.17, 15) is 10.1 Å². The summed E-state index contributed by atoms with van der Waals surface area (Å²) in [6.45, 7) is 5.34. The molecule has 0 aliphatic rings. The van der Waals surface area contributed by atoms with Crippen LogP contribution in [0.15, 0.2) is 35.4 Å². The maximum absolute atomic E-state index is 12.0. The van der Waals surface area contributed by atoms with Crippen molar-refractivity contribution >= 4 is 29.7 Å². The summed E-state index contributed by atoms with van der Waals surface area (Å²) in [6, 6.07) is 12.0. The van der Waals surface area contributed by atoms with Crippen molar-refractivity contribution < 1.29 is 4.79 Å². The zero-order valence-electron chi connectivity index (χ0n) is 13.5. The third-order valence-corrected chi connectivity index (χ3v) is 4.23. The summed E-state index contributed by atoms with van der Waals surface area (Å²) in [5.41, 5.74) is 3.34. The first kappa shape index (κ1) is 17.0. The van der Waals surface area contributed by atoms with E-state index in [1.54, 1.807) is 0 Å². The maximum atomic E-state index is 12.0. The van der Waals surface area contributed by atoms with E-state index in [2.05, 4.69) is 11.1 Å². The smallest absolute Gasteiger partial charge is 0.162 e. The zero-order valence-corrected chi connectivity index (χ0v) is 14.3. The number of thioether (sulfide) groups is 1. The van der Waals surface area contributed by atoms with Gasteiger partial charge in [-0.1, -0.05) is 49.4 Å². The van der Waals surface area contributed by atoms with E-state index in [1.165, 1.54) is 18.7 Å². The van der Waals surface area contributed by atoms with E-state index >= 15 is 0 Å². The highest BCUT2D eigenvalue weighted by Gasteiger charge is 2.18. The highest BCUT2D eigenvalue weighted by molar-refractivity contribution is 7.99. The maximum Gasteiger partial charge on any atom is 0.162 e. The molecule has 0 unspecified atom stereocenters. The fraction of sp³-hybridized carbons (Fsp3) is 0.211. The highest BCUT2D eigenvalue weighted by Crippen LogP contribution is 2.29. The Morgan fingerprint density at radius 2 is 2.00 bits per heavy atom. The predicted molar refractivity (Wildman–Crippen MR) is 95.5 cm³/mol. The van der Waals surface area contributed by atoms with Gasteiger partial charge in [-0.2, -0.15) is 5.26 Å². The van der Waals surface area contributed by atoms with E-state index < -0.39 is 0 Å². The van der Waals surface area contributed by atoms with Crippen LogP contribution in [0.5, 0.6) is 0 Å². The molecule has 0 saturated heterocycles. The van der Waals surface area contributed by atoms with Gasteiger partial charge in [-0.3, -0.25) is 4.79 Å². The van der Waals surface area contributed by atoms with E-state index in [0.29, 0.717) is 27.4 Å². The van der Waals surface area contributed by atoms with Crippen molar-refractivity contribution in [3.05, 3.63) is 58.3 Å². The molecule has 2 aromatic rings. The number of carbonyl (C=O) groups excluding carboxylic acids is 1. The van der Waals surface area contributed by atoms with Gasteiger partial charge >= 0.3 is 0 Å². The summed E-state index contributed by atoms with van der Waals surface area (Å²) in [6.07, 6.45) is 3.77. The Morgan fingerprint density at radius 3 is 2.57 bits per heavy atom. The number of Topliss-reactive ketones (excluding diaryl/α,β-unsaturated/α-hetero) is 1. The van der Waals surface area contributed by atoms with E-state index in [4.69, 9.17) is 0 Å². The number of benzene rings is 1. The van der Waals surface area contributed by atoms with Crippen LogP contribution in [0.2, 0.25) is 0 Å². The molecule has 1 aromatic heterocycles. The molecule has 3 nitrogen and oxygen atoms in total. The summed E-state index contributed by atoms with van der Waals surface area (Å²) in [5.74, 6) is 0.745. The van der Waals surface area contributed by atoms with Gasteiger partial charge in [0.2, 0.25) is 0 Å². The van der Waals surface area contributed by atoms with E-state index in [-0.39, 0.29) is 5.78 Å². The predicted octanol–water partition coefficient (Wildman–Crippen LogP) is 4.75.